The van der Waals surface area contributed by atoms with Crippen LogP contribution >= 0.6 is 0 Å². The standard InChI is InChI=1S/C12H11As.C2H6/c1-3-7-11(8-4-1)13-12-9-5-2-6-10-12;1-2/h1-10,13H;1-2H3. The van der Waals surface area contributed by atoms with Gasteiger partial charge in [0.05, 0.1) is 0 Å². The summed E-state index contributed by atoms with van der Waals surface area (Å²) in [5, 5.41) is 0. The van der Waals surface area contributed by atoms with Crippen LogP contribution < -0.4 is 8.70 Å². The van der Waals surface area contributed by atoms with E-state index in [2.05, 4.69) is 60.7 Å². The van der Waals surface area contributed by atoms with E-state index < -0.39 is 0 Å². The average Bonchev–Trinajstić information content (AvgIpc) is 2.34. The van der Waals surface area contributed by atoms with Crippen molar-refractivity contribution in [1.29, 1.82) is 0 Å². The molecule has 0 fully saturated rings. The molecule has 0 radical (unpaired) electrons. The second-order valence-electron chi connectivity index (χ2n) is 2.86. The van der Waals surface area contributed by atoms with Crippen molar-refractivity contribution in [3.05, 3.63) is 60.7 Å². The van der Waals surface area contributed by atoms with Crippen molar-refractivity contribution in [2.45, 2.75) is 13.8 Å². The van der Waals surface area contributed by atoms with E-state index >= 15 is 0 Å². The maximum absolute atomic E-state index is 2.22. The summed E-state index contributed by atoms with van der Waals surface area (Å²) < 4.78 is 2.99. The Morgan fingerprint density at radius 1 is 0.600 bits per heavy atom. The fourth-order valence-corrected chi connectivity index (χ4v) is 3.42. The topological polar surface area (TPSA) is 0 Å². The molecule has 0 aliphatic heterocycles. The van der Waals surface area contributed by atoms with Gasteiger partial charge in [0.2, 0.25) is 0 Å². The molecule has 78 valence electrons. The van der Waals surface area contributed by atoms with E-state index in [0.29, 0.717) is 0 Å². The fraction of sp³-hybridized carbons (Fsp3) is 0.143. The van der Waals surface area contributed by atoms with Crippen molar-refractivity contribution in [3.63, 3.8) is 0 Å². The molecule has 0 spiro atoms. The molecule has 1 heteroatoms. The molecule has 0 aliphatic carbocycles. The summed E-state index contributed by atoms with van der Waals surface area (Å²) in [6, 6.07) is 21.5. The molecule has 0 atom stereocenters. The molecule has 0 saturated carbocycles. The first-order valence-electron chi connectivity index (χ1n) is 5.32. The van der Waals surface area contributed by atoms with Gasteiger partial charge in [-0.1, -0.05) is 13.8 Å². The Hall–Kier alpha value is -1.00. The number of rotatable bonds is 2. The SMILES string of the molecule is CC.c1ccc([AsH]c2ccccc2)cc1. The third-order valence-corrected chi connectivity index (χ3v) is 4.45. The Labute approximate surface area is 99.0 Å². The van der Waals surface area contributed by atoms with Crippen LogP contribution in [0.2, 0.25) is 0 Å². The number of hydrogen-bond donors (Lipinski definition) is 0. The molecule has 0 aliphatic rings. The quantitative estimate of drug-likeness (QED) is 0.725. The fourth-order valence-electron chi connectivity index (χ4n) is 1.21. The minimum atomic E-state index is -0.108. The predicted molar refractivity (Wildman–Crippen MR) is 70.6 cm³/mol. The summed E-state index contributed by atoms with van der Waals surface area (Å²) in [7, 11) is 0. The summed E-state index contributed by atoms with van der Waals surface area (Å²) in [4.78, 5) is 0. The molecule has 2 rings (SSSR count). The summed E-state index contributed by atoms with van der Waals surface area (Å²) >= 11 is -0.108. The van der Waals surface area contributed by atoms with Crippen molar-refractivity contribution in [2.75, 3.05) is 0 Å². The van der Waals surface area contributed by atoms with Gasteiger partial charge in [-0.15, -0.1) is 0 Å². The van der Waals surface area contributed by atoms with Crippen LogP contribution in [-0.2, 0) is 0 Å². The van der Waals surface area contributed by atoms with Crippen LogP contribution in [-0.4, -0.2) is 15.8 Å². The van der Waals surface area contributed by atoms with E-state index in [9.17, 15) is 0 Å². The van der Waals surface area contributed by atoms with Gasteiger partial charge in [0.1, 0.15) is 0 Å². The van der Waals surface area contributed by atoms with Crippen LogP contribution in [0.25, 0.3) is 0 Å². The molecular weight excluding hydrogens is 243 g/mol. The second-order valence-corrected chi connectivity index (χ2v) is 5.80. The molecule has 0 aromatic heterocycles. The molecule has 0 nitrogen and oxygen atoms in total. The van der Waals surface area contributed by atoms with Crippen molar-refractivity contribution < 1.29 is 0 Å². The van der Waals surface area contributed by atoms with Crippen LogP contribution in [0.4, 0.5) is 0 Å². The summed E-state index contributed by atoms with van der Waals surface area (Å²) in [6.07, 6.45) is 0. The van der Waals surface area contributed by atoms with E-state index in [1.54, 1.807) is 0 Å². The van der Waals surface area contributed by atoms with Crippen LogP contribution in [0.3, 0.4) is 0 Å². The molecule has 15 heavy (non-hydrogen) atoms. The van der Waals surface area contributed by atoms with Crippen molar-refractivity contribution in [2.24, 2.45) is 0 Å². The Kier molecular flexibility index (Phi) is 5.88. The van der Waals surface area contributed by atoms with Crippen molar-refractivity contribution in [3.8, 4) is 0 Å². The second kappa shape index (κ2) is 7.31. The summed E-state index contributed by atoms with van der Waals surface area (Å²) in [5.74, 6) is 0. The first kappa shape index (κ1) is 12.1. The Morgan fingerprint density at radius 2 is 0.933 bits per heavy atom. The first-order chi connectivity index (χ1) is 7.45. The molecule has 0 N–H and O–H groups in total. The van der Waals surface area contributed by atoms with Crippen molar-refractivity contribution in [1.82, 2.24) is 0 Å². The average molecular weight is 260 g/mol. The summed E-state index contributed by atoms with van der Waals surface area (Å²) in [6.45, 7) is 4.00. The summed E-state index contributed by atoms with van der Waals surface area (Å²) in [5.41, 5.74) is 0. The van der Waals surface area contributed by atoms with Gasteiger partial charge in [-0.3, -0.25) is 0 Å². The van der Waals surface area contributed by atoms with Gasteiger partial charge in [0.15, 0.2) is 0 Å². The van der Waals surface area contributed by atoms with Crippen molar-refractivity contribution >= 4 is 24.5 Å². The van der Waals surface area contributed by atoms with E-state index in [4.69, 9.17) is 0 Å². The van der Waals surface area contributed by atoms with Crippen LogP contribution in [0, 0.1) is 0 Å². The molecule has 2 aromatic carbocycles. The van der Waals surface area contributed by atoms with Crippen LogP contribution in [0.1, 0.15) is 13.8 Å². The number of hydrogen-bond acceptors (Lipinski definition) is 0. The molecule has 0 heterocycles. The van der Waals surface area contributed by atoms with E-state index in [0.717, 1.165) is 0 Å². The van der Waals surface area contributed by atoms with Gasteiger partial charge in [-0.05, 0) is 0 Å². The normalized spacial score (nSPS) is 8.93. The Bertz CT molecular complexity index is 316. The van der Waals surface area contributed by atoms with Gasteiger partial charge < -0.3 is 0 Å². The maximum atomic E-state index is 2.22. The van der Waals surface area contributed by atoms with E-state index in [1.165, 1.54) is 8.70 Å². The molecule has 0 saturated heterocycles. The Morgan fingerprint density at radius 3 is 1.27 bits per heavy atom. The third kappa shape index (κ3) is 4.36. The van der Waals surface area contributed by atoms with E-state index in [1.807, 2.05) is 13.8 Å². The molecule has 0 unspecified atom stereocenters. The van der Waals surface area contributed by atoms with Crippen LogP contribution in [0.5, 0.6) is 0 Å². The number of benzene rings is 2. The van der Waals surface area contributed by atoms with Gasteiger partial charge >= 0.3 is 85.1 Å². The molecule has 2 aromatic rings. The molecule has 0 amide bonds. The zero-order valence-electron chi connectivity index (χ0n) is 9.27. The van der Waals surface area contributed by atoms with Gasteiger partial charge in [-0.2, -0.15) is 0 Å². The van der Waals surface area contributed by atoms with Crippen LogP contribution in [0.15, 0.2) is 60.7 Å². The minimum absolute atomic E-state index is 0.108. The predicted octanol–water partition coefficient (Wildman–Crippen LogP) is 2.10. The first-order valence-corrected chi connectivity index (χ1v) is 7.42. The van der Waals surface area contributed by atoms with Gasteiger partial charge in [0.25, 0.3) is 0 Å². The van der Waals surface area contributed by atoms with Gasteiger partial charge in [-0.25, -0.2) is 0 Å². The zero-order valence-corrected chi connectivity index (χ0v) is 11.4. The Balaban J connectivity index is 0.000000531. The van der Waals surface area contributed by atoms with E-state index in [-0.39, 0.29) is 15.8 Å². The third-order valence-electron chi connectivity index (χ3n) is 1.84. The molecule has 0 bridgehead atoms. The zero-order chi connectivity index (χ0) is 10.9. The molecular formula is C14H17As. The monoisotopic (exact) mass is 260 g/mol. The van der Waals surface area contributed by atoms with Gasteiger partial charge in [0, 0.05) is 0 Å².